The molecule has 2 aromatic carbocycles. The molecule has 5 nitrogen and oxygen atoms in total. The molecule has 0 spiro atoms. The van der Waals surface area contributed by atoms with Crippen molar-refractivity contribution in [3.8, 4) is 0 Å². The summed E-state index contributed by atoms with van der Waals surface area (Å²) in [6.45, 7) is 3.27. The Morgan fingerprint density at radius 2 is 1.85 bits per heavy atom. The van der Waals surface area contributed by atoms with Crippen LogP contribution in [0.4, 0.5) is 0 Å². The smallest absolute Gasteiger partial charge is 0.233 e. The number of rotatable bonds is 6. The number of sulfonamides is 1. The third-order valence-corrected chi connectivity index (χ3v) is 5.13. The van der Waals surface area contributed by atoms with Crippen LogP contribution in [-0.4, -0.2) is 20.1 Å². The van der Waals surface area contributed by atoms with Gasteiger partial charge in [-0.3, -0.25) is 0 Å². The largest absolute Gasteiger partial charge is 0.458 e. The Morgan fingerprint density at radius 3 is 2.54 bits per heavy atom. The molecule has 1 aromatic heterocycles. The molecule has 0 saturated carbocycles. The van der Waals surface area contributed by atoms with Gasteiger partial charge in [-0.1, -0.05) is 48.0 Å². The van der Waals surface area contributed by atoms with Crippen molar-refractivity contribution in [2.45, 2.75) is 19.4 Å². The van der Waals surface area contributed by atoms with Gasteiger partial charge in [-0.2, -0.15) is 0 Å². The van der Waals surface area contributed by atoms with E-state index >= 15 is 0 Å². The summed E-state index contributed by atoms with van der Waals surface area (Å²) >= 11 is 0. The summed E-state index contributed by atoms with van der Waals surface area (Å²) in [5.74, 6) is 0.309. The Hall–Kier alpha value is -2.41. The normalized spacial score (nSPS) is 14.7. The number of hydrogen-bond acceptors (Lipinski definition) is 4. The van der Waals surface area contributed by atoms with Crippen LogP contribution in [0.5, 0.6) is 0 Å². The van der Waals surface area contributed by atoms with Crippen molar-refractivity contribution >= 4 is 27.1 Å². The van der Waals surface area contributed by atoms with Gasteiger partial charge >= 0.3 is 0 Å². The van der Waals surface area contributed by atoms with E-state index in [1.807, 2.05) is 49.4 Å². The highest BCUT2D eigenvalue weighted by molar-refractivity contribution is 7.92. The van der Waals surface area contributed by atoms with Crippen LogP contribution in [0.2, 0.25) is 0 Å². The van der Waals surface area contributed by atoms with Gasteiger partial charge in [0, 0.05) is 17.3 Å². The average Bonchev–Trinajstić information content (AvgIpc) is 3.05. The Balaban J connectivity index is 1.70. The molecule has 0 radical (unpaired) electrons. The number of benzene rings is 2. The second-order valence-electron chi connectivity index (χ2n) is 6.50. The van der Waals surface area contributed by atoms with E-state index in [0.717, 1.165) is 21.9 Å². The number of aryl methyl sites for hydroxylation is 1. The average molecular weight is 371 g/mol. The van der Waals surface area contributed by atoms with Crippen LogP contribution in [0.3, 0.4) is 0 Å². The highest BCUT2D eigenvalue weighted by atomic mass is 32.2. The van der Waals surface area contributed by atoms with Gasteiger partial charge in [-0.25, -0.2) is 13.1 Å². The molecule has 26 heavy (non-hydrogen) atoms. The first-order valence-corrected chi connectivity index (χ1v) is 9.76. The third-order valence-electron chi connectivity index (χ3n) is 4.09. The summed E-state index contributed by atoms with van der Waals surface area (Å²) in [5, 5.41) is 12.6. The van der Waals surface area contributed by atoms with Gasteiger partial charge in [-0.05, 0) is 37.6 Å². The van der Waals surface area contributed by atoms with Gasteiger partial charge in [0.2, 0.25) is 10.0 Å². The minimum absolute atomic E-state index is 0.201. The highest BCUT2D eigenvalue weighted by Crippen LogP contribution is 2.27. The molecule has 3 aromatic rings. The Bertz CT molecular complexity index is 998. The monoisotopic (exact) mass is 371 g/mol. The molecule has 1 atom stereocenters. The topological polar surface area (TPSA) is 79.5 Å². The van der Waals surface area contributed by atoms with Gasteiger partial charge in [0.05, 0.1) is 0 Å². The van der Waals surface area contributed by atoms with Crippen LogP contribution in [-0.2, 0) is 15.6 Å². The molecule has 0 bridgehead atoms. The zero-order valence-corrected chi connectivity index (χ0v) is 15.5. The summed E-state index contributed by atoms with van der Waals surface area (Å²) in [6.07, 6.45) is 1.51. The van der Waals surface area contributed by atoms with Crippen LogP contribution in [0.25, 0.3) is 17.0 Å². The SMILES string of the molecule is Cc1ccc(/C=C/S(=O)(=O)NCC(C)(O)c2cc3ccccc3o2)cc1. The van der Waals surface area contributed by atoms with E-state index in [9.17, 15) is 13.5 Å². The Kier molecular flexibility index (Phi) is 5.00. The first kappa shape index (κ1) is 18.4. The van der Waals surface area contributed by atoms with Crippen molar-refractivity contribution in [1.82, 2.24) is 4.72 Å². The zero-order chi connectivity index (χ0) is 18.8. The van der Waals surface area contributed by atoms with E-state index in [1.165, 1.54) is 13.0 Å². The van der Waals surface area contributed by atoms with Crippen molar-refractivity contribution in [2.24, 2.45) is 0 Å². The minimum Gasteiger partial charge on any atom is -0.458 e. The molecule has 0 amide bonds. The summed E-state index contributed by atoms with van der Waals surface area (Å²) in [6, 6.07) is 16.6. The van der Waals surface area contributed by atoms with Gasteiger partial charge < -0.3 is 9.52 Å². The summed E-state index contributed by atoms with van der Waals surface area (Å²) in [7, 11) is -3.69. The Labute approximate surface area is 153 Å². The van der Waals surface area contributed by atoms with E-state index < -0.39 is 15.6 Å². The molecular formula is C20H21NO4S. The van der Waals surface area contributed by atoms with Crippen molar-refractivity contribution in [3.63, 3.8) is 0 Å². The summed E-state index contributed by atoms with van der Waals surface area (Å²) in [5.41, 5.74) is 1.06. The summed E-state index contributed by atoms with van der Waals surface area (Å²) < 4.78 is 32.4. The fourth-order valence-electron chi connectivity index (χ4n) is 2.47. The lowest BCUT2D eigenvalue weighted by Gasteiger charge is -2.20. The van der Waals surface area contributed by atoms with E-state index in [2.05, 4.69) is 4.72 Å². The lowest BCUT2D eigenvalue weighted by Crippen LogP contribution is -2.37. The number of para-hydroxylation sites is 1. The lowest BCUT2D eigenvalue weighted by atomic mass is 10.0. The van der Waals surface area contributed by atoms with Crippen LogP contribution in [0.15, 0.2) is 64.4 Å². The predicted molar refractivity (Wildman–Crippen MR) is 103 cm³/mol. The number of aliphatic hydroxyl groups is 1. The molecule has 1 heterocycles. The minimum atomic E-state index is -3.69. The third kappa shape index (κ3) is 4.40. The molecule has 1 unspecified atom stereocenters. The molecular weight excluding hydrogens is 350 g/mol. The molecule has 0 aliphatic carbocycles. The second kappa shape index (κ2) is 7.07. The van der Waals surface area contributed by atoms with Crippen molar-refractivity contribution in [3.05, 3.63) is 76.9 Å². The molecule has 0 saturated heterocycles. The Morgan fingerprint density at radius 1 is 1.15 bits per heavy atom. The van der Waals surface area contributed by atoms with E-state index in [-0.39, 0.29) is 6.54 Å². The first-order valence-electron chi connectivity index (χ1n) is 8.21. The predicted octanol–water partition coefficient (Wildman–Crippen LogP) is 3.54. The van der Waals surface area contributed by atoms with Crippen LogP contribution in [0, 0.1) is 6.92 Å². The first-order chi connectivity index (χ1) is 12.3. The number of furan rings is 1. The van der Waals surface area contributed by atoms with Gasteiger partial charge in [0.15, 0.2) is 0 Å². The number of fused-ring (bicyclic) bond motifs is 1. The van der Waals surface area contributed by atoms with Crippen LogP contribution < -0.4 is 4.72 Å². The molecule has 0 aliphatic rings. The van der Waals surface area contributed by atoms with Gasteiger partial charge in [-0.15, -0.1) is 0 Å². The fourth-order valence-corrected chi connectivity index (χ4v) is 3.38. The van der Waals surface area contributed by atoms with Crippen molar-refractivity contribution < 1.29 is 17.9 Å². The molecule has 0 fully saturated rings. The van der Waals surface area contributed by atoms with E-state index in [4.69, 9.17) is 4.42 Å². The van der Waals surface area contributed by atoms with Gasteiger partial charge in [0.25, 0.3) is 0 Å². The second-order valence-corrected chi connectivity index (χ2v) is 8.15. The van der Waals surface area contributed by atoms with Crippen molar-refractivity contribution in [2.75, 3.05) is 6.54 Å². The van der Waals surface area contributed by atoms with Crippen LogP contribution >= 0.6 is 0 Å². The highest BCUT2D eigenvalue weighted by Gasteiger charge is 2.28. The van der Waals surface area contributed by atoms with E-state index in [1.54, 1.807) is 12.1 Å². The number of hydrogen-bond donors (Lipinski definition) is 2. The number of nitrogens with one attached hydrogen (secondary N) is 1. The standard InChI is InChI=1S/C20H21NO4S/c1-15-7-9-16(10-8-15)11-12-26(23,24)21-14-20(2,22)19-13-17-5-3-4-6-18(17)25-19/h3-13,21-22H,14H2,1-2H3/b12-11+. The van der Waals surface area contributed by atoms with Crippen LogP contribution in [0.1, 0.15) is 23.8 Å². The maximum atomic E-state index is 12.2. The maximum absolute atomic E-state index is 12.2. The fraction of sp³-hybridized carbons (Fsp3) is 0.200. The van der Waals surface area contributed by atoms with Crippen molar-refractivity contribution in [1.29, 1.82) is 0 Å². The van der Waals surface area contributed by atoms with E-state index in [0.29, 0.717) is 11.3 Å². The maximum Gasteiger partial charge on any atom is 0.233 e. The molecule has 136 valence electrons. The molecule has 2 N–H and O–H groups in total. The van der Waals surface area contributed by atoms with Gasteiger partial charge in [0.1, 0.15) is 16.9 Å². The zero-order valence-electron chi connectivity index (χ0n) is 14.6. The molecule has 0 aliphatic heterocycles. The quantitative estimate of drug-likeness (QED) is 0.695. The molecule has 6 heteroatoms. The summed E-state index contributed by atoms with van der Waals surface area (Å²) in [4.78, 5) is 0. The lowest BCUT2D eigenvalue weighted by molar-refractivity contribution is 0.0412. The molecule has 3 rings (SSSR count).